The molecule has 1 N–H and O–H groups in total. The topological polar surface area (TPSA) is 62.2 Å². The summed E-state index contributed by atoms with van der Waals surface area (Å²) in [7, 11) is 3.26. The van der Waals surface area contributed by atoms with Gasteiger partial charge in [-0.15, -0.1) is 24.0 Å². The quantitative estimate of drug-likeness (QED) is 0.258. The molecule has 1 aromatic carbocycles. The lowest BCUT2D eigenvalue weighted by atomic mass is 10.2. The number of hydrogen-bond acceptors (Lipinski definition) is 5. The van der Waals surface area contributed by atoms with Crippen LogP contribution < -0.4 is 14.8 Å². The first kappa shape index (κ1) is 24.1. The number of hydrogen-bond donors (Lipinski definition) is 1. The van der Waals surface area contributed by atoms with E-state index in [4.69, 9.17) is 9.47 Å². The van der Waals surface area contributed by atoms with Crippen LogP contribution in [0.5, 0.6) is 11.5 Å². The van der Waals surface area contributed by atoms with Crippen molar-refractivity contribution in [3.63, 3.8) is 0 Å². The van der Waals surface area contributed by atoms with E-state index >= 15 is 0 Å². The van der Waals surface area contributed by atoms with E-state index in [1.54, 1.807) is 31.6 Å². The molecule has 0 spiro atoms. The number of rotatable bonds is 7. The number of nitrogens with zero attached hydrogens (tertiary/aromatic N) is 4. The number of aliphatic imine (C=N–C) groups is 1. The Bertz CT molecular complexity index is 801. The molecule has 1 aromatic heterocycles. The summed E-state index contributed by atoms with van der Waals surface area (Å²) in [6.07, 6.45) is 3.42. The predicted molar refractivity (Wildman–Crippen MR) is 126 cm³/mol. The minimum atomic E-state index is -0.318. The van der Waals surface area contributed by atoms with Crippen molar-refractivity contribution in [1.29, 1.82) is 0 Å². The third-order valence-electron chi connectivity index (χ3n) is 4.79. The molecule has 1 fully saturated rings. The van der Waals surface area contributed by atoms with E-state index in [1.807, 2.05) is 18.2 Å². The maximum Gasteiger partial charge on any atom is 0.193 e. The molecule has 0 saturated carbocycles. The molecular formula is C21H29FIN5O2. The van der Waals surface area contributed by atoms with Gasteiger partial charge in [0, 0.05) is 46.0 Å². The largest absolute Gasteiger partial charge is 0.494 e. The van der Waals surface area contributed by atoms with Crippen LogP contribution >= 0.6 is 24.0 Å². The van der Waals surface area contributed by atoms with Gasteiger partial charge in [0.1, 0.15) is 12.4 Å². The highest BCUT2D eigenvalue weighted by atomic mass is 127. The fourth-order valence-corrected chi connectivity index (χ4v) is 3.28. The first-order valence-corrected chi connectivity index (χ1v) is 9.73. The Labute approximate surface area is 194 Å². The number of ether oxygens (including phenoxy) is 2. The molecule has 1 saturated heterocycles. The summed E-state index contributed by atoms with van der Waals surface area (Å²) in [6.45, 7) is 5.42. The van der Waals surface area contributed by atoms with Gasteiger partial charge in [-0.05, 0) is 29.8 Å². The van der Waals surface area contributed by atoms with Gasteiger partial charge in [-0.25, -0.2) is 4.39 Å². The third kappa shape index (κ3) is 6.98. The van der Waals surface area contributed by atoms with Crippen molar-refractivity contribution < 1.29 is 13.9 Å². The lowest BCUT2D eigenvalue weighted by molar-refractivity contribution is 0.172. The summed E-state index contributed by atoms with van der Waals surface area (Å²) in [5.74, 6) is 1.59. The van der Waals surface area contributed by atoms with Crippen LogP contribution in [-0.4, -0.2) is 74.2 Å². The Kier molecular flexibility index (Phi) is 10.1. The normalized spacial score (nSPS) is 14.8. The van der Waals surface area contributed by atoms with Crippen LogP contribution in [0.25, 0.3) is 0 Å². The van der Waals surface area contributed by atoms with Crippen LogP contribution in [0.4, 0.5) is 4.39 Å². The number of pyridine rings is 1. The Morgan fingerprint density at radius 3 is 2.67 bits per heavy atom. The van der Waals surface area contributed by atoms with Crippen molar-refractivity contribution in [2.75, 3.05) is 53.5 Å². The van der Waals surface area contributed by atoms with Gasteiger partial charge in [-0.3, -0.25) is 14.9 Å². The second-order valence-electron chi connectivity index (χ2n) is 6.74. The number of benzene rings is 1. The molecule has 0 atom stereocenters. The van der Waals surface area contributed by atoms with E-state index in [9.17, 15) is 4.39 Å². The van der Waals surface area contributed by atoms with Gasteiger partial charge in [0.05, 0.1) is 19.9 Å². The Hall–Kier alpha value is -2.14. The van der Waals surface area contributed by atoms with E-state index in [0.717, 1.165) is 50.0 Å². The van der Waals surface area contributed by atoms with Crippen molar-refractivity contribution in [1.82, 2.24) is 20.1 Å². The molecular weight excluding hydrogens is 500 g/mol. The van der Waals surface area contributed by atoms with Crippen molar-refractivity contribution >= 4 is 29.9 Å². The Morgan fingerprint density at radius 2 is 2.03 bits per heavy atom. The minimum absolute atomic E-state index is 0. The highest BCUT2D eigenvalue weighted by Gasteiger charge is 2.20. The van der Waals surface area contributed by atoms with Crippen molar-refractivity contribution in [2.24, 2.45) is 4.99 Å². The lowest BCUT2D eigenvalue weighted by Gasteiger charge is -2.36. The molecule has 164 valence electrons. The molecule has 1 aliphatic rings. The van der Waals surface area contributed by atoms with Gasteiger partial charge in [-0.1, -0.05) is 6.07 Å². The lowest BCUT2D eigenvalue weighted by Crippen LogP contribution is -2.52. The van der Waals surface area contributed by atoms with E-state index in [2.05, 4.69) is 25.1 Å². The number of aromatic nitrogens is 1. The van der Waals surface area contributed by atoms with Gasteiger partial charge in [-0.2, -0.15) is 0 Å². The molecule has 9 heteroatoms. The zero-order valence-electron chi connectivity index (χ0n) is 17.4. The van der Waals surface area contributed by atoms with Crippen LogP contribution in [0.2, 0.25) is 0 Å². The number of piperazine rings is 1. The average Bonchev–Trinajstić information content (AvgIpc) is 2.75. The van der Waals surface area contributed by atoms with E-state index in [-0.39, 0.29) is 35.5 Å². The molecule has 2 aromatic rings. The molecule has 1 aliphatic heterocycles. The van der Waals surface area contributed by atoms with Crippen LogP contribution in [0.1, 0.15) is 5.56 Å². The van der Waals surface area contributed by atoms with Crippen molar-refractivity contribution in [3.8, 4) is 11.5 Å². The molecule has 30 heavy (non-hydrogen) atoms. The standard InChI is InChI=1S/C21H28FN5O2.HI/c1-23-21(25-8-13-29-18-4-3-7-24-15-18)27-11-9-26(10-12-27)16-17-5-6-20(28-2)19(22)14-17;/h3-7,14-15H,8-13,16H2,1-2H3,(H,23,25);1H. The van der Waals surface area contributed by atoms with Gasteiger partial charge in [0.15, 0.2) is 17.5 Å². The van der Waals surface area contributed by atoms with E-state index < -0.39 is 0 Å². The third-order valence-corrected chi connectivity index (χ3v) is 4.79. The van der Waals surface area contributed by atoms with E-state index in [0.29, 0.717) is 13.2 Å². The first-order chi connectivity index (χ1) is 14.2. The van der Waals surface area contributed by atoms with Crippen LogP contribution in [0.15, 0.2) is 47.7 Å². The number of nitrogens with one attached hydrogen (secondary N) is 1. The molecule has 0 radical (unpaired) electrons. The fourth-order valence-electron chi connectivity index (χ4n) is 3.28. The van der Waals surface area contributed by atoms with Crippen LogP contribution in [0.3, 0.4) is 0 Å². The highest BCUT2D eigenvalue weighted by molar-refractivity contribution is 14.0. The summed E-state index contributed by atoms with van der Waals surface area (Å²) in [5.41, 5.74) is 0.951. The predicted octanol–water partition coefficient (Wildman–Crippen LogP) is 2.62. The molecule has 0 bridgehead atoms. The second kappa shape index (κ2) is 12.5. The molecule has 0 aliphatic carbocycles. The number of halogens is 2. The second-order valence-corrected chi connectivity index (χ2v) is 6.74. The summed E-state index contributed by atoms with van der Waals surface area (Å²) in [4.78, 5) is 13.0. The maximum atomic E-state index is 13.9. The summed E-state index contributed by atoms with van der Waals surface area (Å²) >= 11 is 0. The van der Waals surface area contributed by atoms with Crippen molar-refractivity contribution in [2.45, 2.75) is 6.54 Å². The Balaban J connectivity index is 0.00000320. The first-order valence-electron chi connectivity index (χ1n) is 9.73. The van der Waals surface area contributed by atoms with Gasteiger partial charge in [0.2, 0.25) is 0 Å². The van der Waals surface area contributed by atoms with E-state index in [1.165, 1.54) is 7.11 Å². The minimum Gasteiger partial charge on any atom is -0.494 e. The monoisotopic (exact) mass is 529 g/mol. The summed E-state index contributed by atoms with van der Waals surface area (Å²) in [6, 6.07) is 8.88. The van der Waals surface area contributed by atoms with Crippen molar-refractivity contribution in [3.05, 3.63) is 54.1 Å². The number of guanidine groups is 1. The molecule has 2 heterocycles. The summed E-state index contributed by atoms with van der Waals surface area (Å²) < 4.78 is 24.5. The molecule has 0 unspecified atom stereocenters. The summed E-state index contributed by atoms with van der Waals surface area (Å²) in [5, 5.41) is 3.34. The SMILES string of the molecule is CN=C(NCCOc1cccnc1)N1CCN(Cc2ccc(OC)c(F)c2)CC1.I. The average molecular weight is 529 g/mol. The zero-order chi connectivity index (χ0) is 20.5. The number of methoxy groups -OCH3 is 1. The van der Waals surface area contributed by atoms with Gasteiger partial charge < -0.3 is 19.7 Å². The Morgan fingerprint density at radius 1 is 1.23 bits per heavy atom. The van der Waals surface area contributed by atoms with Crippen LogP contribution in [-0.2, 0) is 6.54 Å². The molecule has 7 nitrogen and oxygen atoms in total. The zero-order valence-corrected chi connectivity index (χ0v) is 19.7. The molecule has 0 amide bonds. The smallest absolute Gasteiger partial charge is 0.193 e. The van der Waals surface area contributed by atoms with Gasteiger partial charge >= 0.3 is 0 Å². The highest BCUT2D eigenvalue weighted by Crippen LogP contribution is 2.19. The fraction of sp³-hybridized carbons (Fsp3) is 0.429. The maximum absolute atomic E-state index is 13.9. The van der Waals surface area contributed by atoms with Gasteiger partial charge in [0.25, 0.3) is 0 Å². The van der Waals surface area contributed by atoms with Crippen LogP contribution in [0, 0.1) is 5.82 Å². The molecule has 3 rings (SSSR count).